The van der Waals surface area contributed by atoms with Gasteiger partial charge in [0.25, 0.3) is 0 Å². The van der Waals surface area contributed by atoms with Crippen LogP contribution in [-0.2, 0) is 4.74 Å². The van der Waals surface area contributed by atoms with Crippen molar-refractivity contribution in [3.8, 4) is 11.8 Å². The maximum Gasteiger partial charge on any atom is 0.138 e. The monoisotopic (exact) mass is 462 g/mol. The molecule has 3 atom stereocenters. The number of hydrogen-bond acceptors (Lipinski definition) is 4. The van der Waals surface area contributed by atoms with Gasteiger partial charge in [0, 0.05) is 49.9 Å². The first kappa shape index (κ1) is 23.5. The van der Waals surface area contributed by atoms with E-state index in [1.807, 2.05) is 12.1 Å². The van der Waals surface area contributed by atoms with Crippen molar-refractivity contribution in [2.45, 2.75) is 43.7 Å². The molecule has 5 rings (SSSR count). The van der Waals surface area contributed by atoms with Gasteiger partial charge in [-0.05, 0) is 74.5 Å². The standard InChI is InChI=1S/C29H35FN2O2/c30-26-6-2-1-5-24(26)10-7-22-8-11-25(12-9-22)29-27-20-31(19-23-13-17-34-18-14-23)15-3-4-16-32(27)28(29)21-33/h1-2,5-6,8-9,11-12,23,27-29,33H,3-4,13-21H2/t27-,28-,29-/m0/s1. The number of halogens is 1. The Kier molecular flexibility index (Phi) is 7.61. The normalized spacial score (nSPS) is 26.5. The molecule has 2 aromatic rings. The molecule has 0 spiro atoms. The van der Waals surface area contributed by atoms with Gasteiger partial charge in [0.2, 0.25) is 0 Å². The molecule has 0 amide bonds. The number of benzene rings is 2. The molecule has 4 nitrogen and oxygen atoms in total. The Morgan fingerprint density at radius 1 is 0.971 bits per heavy atom. The highest BCUT2D eigenvalue weighted by molar-refractivity contribution is 5.44. The number of nitrogens with zero attached hydrogens (tertiary/aromatic N) is 2. The molecule has 3 aliphatic rings. The Morgan fingerprint density at radius 3 is 2.50 bits per heavy atom. The van der Waals surface area contributed by atoms with Crippen LogP contribution in [0, 0.1) is 23.6 Å². The zero-order chi connectivity index (χ0) is 23.3. The molecular weight excluding hydrogens is 427 g/mol. The summed E-state index contributed by atoms with van der Waals surface area (Å²) in [6.45, 7) is 6.45. The predicted octanol–water partition coefficient (Wildman–Crippen LogP) is 3.88. The van der Waals surface area contributed by atoms with Gasteiger partial charge in [0.05, 0.1) is 12.2 Å². The first-order valence-corrected chi connectivity index (χ1v) is 12.8. The molecule has 34 heavy (non-hydrogen) atoms. The lowest BCUT2D eigenvalue weighted by Gasteiger charge is -2.57. The van der Waals surface area contributed by atoms with Gasteiger partial charge in [0.15, 0.2) is 0 Å². The Morgan fingerprint density at radius 2 is 1.74 bits per heavy atom. The molecule has 0 bridgehead atoms. The van der Waals surface area contributed by atoms with E-state index in [1.54, 1.807) is 18.2 Å². The third-order valence-electron chi connectivity index (χ3n) is 7.82. The number of aliphatic hydroxyl groups is 1. The van der Waals surface area contributed by atoms with Crippen LogP contribution in [-0.4, -0.2) is 73.0 Å². The SMILES string of the molecule is OC[C@H]1[C@@H](c2ccc(C#Cc3ccccc3F)cc2)[C@@H]2CN(CC3CCOCC3)CCCCN12. The molecule has 0 saturated carbocycles. The van der Waals surface area contributed by atoms with Crippen LogP contribution in [0.5, 0.6) is 0 Å². The quantitative estimate of drug-likeness (QED) is 0.700. The summed E-state index contributed by atoms with van der Waals surface area (Å²) in [5.41, 5.74) is 2.56. The maximum atomic E-state index is 13.9. The Hall–Kier alpha value is -2.23. The van der Waals surface area contributed by atoms with Crippen molar-refractivity contribution in [1.29, 1.82) is 0 Å². The fourth-order valence-corrected chi connectivity index (χ4v) is 5.96. The molecule has 0 aromatic heterocycles. The summed E-state index contributed by atoms with van der Waals surface area (Å²) in [6, 6.07) is 15.6. The van der Waals surface area contributed by atoms with Crippen molar-refractivity contribution in [3.63, 3.8) is 0 Å². The highest BCUT2D eigenvalue weighted by Crippen LogP contribution is 2.42. The lowest BCUT2D eigenvalue weighted by Crippen LogP contribution is -2.67. The van der Waals surface area contributed by atoms with Gasteiger partial charge in [-0.25, -0.2) is 4.39 Å². The van der Waals surface area contributed by atoms with Crippen molar-refractivity contribution in [1.82, 2.24) is 9.80 Å². The summed E-state index contributed by atoms with van der Waals surface area (Å²) in [7, 11) is 0. The van der Waals surface area contributed by atoms with Gasteiger partial charge in [-0.15, -0.1) is 0 Å². The smallest absolute Gasteiger partial charge is 0.138 e. The maximum absolute atomic E-state index is 13.9. The molecular formula is C29H35FN2O2. The fourth-order valence-electron chi connectivity index (χ4n) is 5.96. The largest absolute Gasteiger partial charge is 0.395 e. The van der Waals surface area contributed by atoms with Gasteiger partial charge in [-0.1, -0.05) is 36.1 Å². The minimum atomic E-state index is -0.290. The average Bonchev–Trinajstić information content (AvgIpc) is 2.85. The van der Waals surface area contributed by atoms with E-state index in [1.165, 1.54) is 43.9 Å². The fraction of sp³-hybridized carbons (Fsp3) is 0.517. The van der Waals surface area contributed by atoms with Crippen LogP contribution in [0.3, 0.4) is 0 Å². The summed E-state index contributed by atoms with van der Waals surface area (Å²) < 4.78 is 19.4. The van der Waals surface area contributed by atoms with Crippen molar-refractivity contribution < 1.29 is 14.2 Å². The minimum absolute atomic E-state index is 0.184. The summed E-state index contributed by atoms with van der Waals surface area (Å²) in [4.78, 5) is 5.20. The highest BCUT2D eigenvalue weighted by Gasteiger charge is 2.49. The van der Waals surface area contributed by atoms with Gasteiger partial charge < -0.3 is 14.7 Å². The summed E-state index contributed by atoms with van der Waals surface area (Å²) in [5.74, 6) is 6.80. The number of rotatable bonds is 4. The van der Waals surface area contributed by atoms with Gasteiger partial charge in [-0.3, -0.25) is 4.90 Å². The van der Waals surface area contributed by atoms with Crippen LogP contribution in [0.1, 0.15) is 48.3 Å². The predicted molar refractivity (Wildman–Crippen MR) is 132 cm³/mol. The third-order valence-corrected chi connectivity index (χ3v) is 7.82. The molecule has 180 valence electrons. The van der Waals surface area contributed by atoms with Crippen LogP contribution in [0.15, 0.2) is 48.5 Å². The minimum Gasteiger partial charge on any atom is -0.395 e. The molecule has 5 heteroatoms. The van der Waals surface area contributed by atoms with Crippen molar-refractivity contribution in [2.24, 2.45) is 5.92 Å². The van der Waals surface area contributed by atoms with E-state index in [9.17, 15) is 9.50 Å². The highest BCUT2D eigenvalue weighted by atomic mass is 19.1. The van der Waals surface area contributed by atoms with Gasteiger partial charge in [-0.2, -0.15) is 0 Å². The van der Waals surface area contributed by atoms with Crippen LogP contribution < -0.4 is 0 Å². The number of ether oxygens (including phenoxy) is 1. The Labute approximate surface area is 202 Å². The Balaban J connectivity index is 1.30. The van der Waals surface area contributed by atoms with Crippen LogP contribution >= 0.6 is 0 Å². The van der Waals surface area contributed by atoms with Crippen molar-refractivity contribution in [2.75, 3.05) is 46.0 Å². The van der Waals surface area contributed by atoms with Gasteiger partial charge >= 0.3 is 0 Å². The molecule has 0 radical (unpaired) electrons. The summed E-state index contributed by atoms with van der Waals surface area (Å²) in [6.07, 6.45) is 4.76. The van der Waals surface area contributed by atoms with E-state index in [0.29, 0.717) is 17.5 Å². The number of fused-ring (bicyclic) bond motifs is 1. The lowest BCUT2D eigenvalue weighted by atomic mass is 9.74. The second-order valence-electron chi connectivity index (χ2n) is 9.96. The number of aliphatic hydroxyl groups excluding tert-OH is 1. The first-order chi connectivity index (χ1) is 16.7. The molecule has 0 unspecified atom stereocenters. The summed E-state index contributed by atoms with van der Waals surface area (Å²) >= 11 is 0. The average molecular weight is 463 g/mol. The third kappa shape index (κ3) is 5.21. The second kappa shape index (κ2) is 11.0. The van der Waals surface area contributed by atoms with Crippen LogP contribution in [0.2, 0.25) is 0 Å². The van der Waals surface area contributed by atoms with Crippen molar-refractivity contribution >= 4 is 0 Å². The second-order valence-corrected chi connectivity index (χ2v) is 9.96. The van der Waals surface area contributed by atoms with E-state index < -0.39 is 0 Å². The topological polar surface area (TPSA) is 35.9 Å². The molecule has 3 saturated heterocycles. The van der Waals surface area contributed by atoms with Crippen LogP contribution in [0.4, 0.5) is 4.39 Å². The van der Waals surface area contributed by atoms with E-state index in [-0.39, 0.29) is 18.5 Å². The molecule has 3 aliphatic heterocycles. The molecule has 3 fully saturated rings. The van der Waals surface area contributed by atoms with E-state index in [2.05, 4.69) is 33.8 Å². The lowest BCUT2D eigenvalue weighted by molar-refractivity contribution is -0.0677. The van der Waals surface area contributed by atoms with Gasteiger partial charge in [0.1, 0.15) is 5.82 Å². The van der Waals surface area contributed by atoms with E-state index in [0.717, 1.165) is 44.3 Å². The zero-order valence-corrected chi connectivity index (χ0v) is 19.8. The Bertz CT molecular complexity index is 1010. The number of hydrogen-bond donors (Lipinski definition) is 1. The molecule has 3 heterocycles. The summed E-state index contributed by atoms with van der Waals surface area (Å²) in [5, 5.41) is 10.2. The van der Waals surface area contributed by atoms with Crippen LogP contribution in [0.25, 0.3) is 0 Å². The van der Waals surface area contributed by atoms with Crippen molar-refractivity contribution in [3.05, 3.63) is 71.0 Å². The zero-order valence-electron chi connectivity index (χ0n) is 19.8. The molecule has 1 N–H and O–H groups in total. The van der Waals surface area contributed by atoms with E-state index >= 15 is 0 Å². The molecule has 2 aromatic carbocycles. The van der Waals surface area contributed by atoms with E-state index in [4.69, 9.17) is 4.74 Å². The molecule has 0 aliphatic carbocycles. The first-order valence-electron chi connectivity index (χ1n) is 12.8.